The van der Waals surface area contributed by atoms with Crippen LogP contribution in [-0.4, -0.2) is 29.5 Å². The Kier molecular flexibility index (Phi) is 2.56. The summed E-state index contributed by atoms with van der Waals surface area (Å²) in [6.07, 6.45) is 0. The van der Waals surface area contributed by atoms with Gasteiger partial charge in [0.1, 0.15) is 6.61 Å². The van der Waals surface area contributed by atoms with Crippen molar-refractivity contribution in [2.75, 3.05) is 6.61 Å². The quantitative estimate of drug-likeness (QED) is 0.686. The van der Waals surface area contributed by atoms with Gasteiger partial charge in [0.05, 0.1) is 0 Å². The second-order valence-electron chi connectivity index (χ2n) is 4.90. The molecule has 0 aromatic carbocycles. The standard InChI is InChI=1S/C10H18N2O2/c1-7-11-10(5,6-14-7)8(13)12-9(2,3)4/h6H2,1-5H3,(H,12,13). The van der Waals surface area contributed by atoms with E-state index in [2.05, 4.69) is 10.3 Å². The van der Waals surface area contributed by atoms with E-state index in [1.165, 1.54) is 0 Å². The molecule has 80 valence electrons. The third kappa shape index (κ3) is 2.47. The summed E-state index contributed by atoms with van der Waals surface area (Å²) in [7, 11) is 0. The molecule has 14 heavy (non-hydrogen) atoms. The number of nitrogens with one attached hydrogen (secondary N) is 1. The van der Waals surface area contributed by atoms with E-state index in [4.69, 9.17) is 4.74 Å². The summed E-state index contributed by atoms with van der Waals surface area (Å²) in [5, 5.41) is 2.90. The molecular weight excluding hydrogens is 180 g/mol. The van der Waals surface area contributed by atoms with Gasteiger partial charge < -0.3 is 10.1 Å². The van der Waals surface area contributed by atoms with Gasteiger partial charge in [-0.3, -0.25) is 4.79 Å². The molecule has 0 fully saturated rings. The van der Waals surface area contributed by atoms with Gasteiger partial charge in [0.25, 0.3) is 5.91 Å². The molecule has 1 heterocycles. The van der Waals surface area contributed by atoms with Crippen molar-refractivity contribution in [2.45, 2.75) is 45.7 Å². The van der Waals surface area contributed by atoms with E-state index in [9.17, 15) is 4.79 Å². The Morgan fingerprint density at radius 2 is 2.14 bits per heavy atom. The number of amides is 1. The third-order valence-electron chi connectivity index (χ3n) is 1.94. The lowest BCUT2D eigenvalue weighted by Gasteiger charge is -2.26. The first-order valence-corrected chi connectivity index (χ1v) is 4.75. The largest absolute Gasteiger partial charge is 0.478 e. The van der Waals surface area contributed by atoms with Crippen molar-refractivity contribution >= 4 is 11.8 Å². The number of carbonyl (C=O) groups is 1. The Bertz CT molecular complexity index is 278. The Balaban J connectivity index is 2.71. The predicted molar refractivity (Wildman–Crippen MR) is 55.4 cm³/mol. The molecule has 4 heteroatoms. The molecule has 0 spiro atoms. The zero-order valence-corrected chi connectivity index (χ0v) is 9.47. The van der Waals surface area contributed by atoms with Crippen molar-refractivity contribution in [1.29, 1.82) is 0 Å². The van der Waals surface area contributed by atoms with Crippen molar-refractivity contribution in [3.05, 3.63) is 0 Å². The fourth-order valence-corrected chi connectivity index (χ4v) is 1.25. The van der Waals surface area contributed by atoms with E-state index < -0.39 is 5.54 Å². The summed E-state index contributed by atoms with van der Waals surface area (Å²) in [4.78, 5) is 16.0. The van der Waals surface area contributed by atoms with Crippen LogP contribution in [0, 0.1) is 0 Å². The van der Waals surface area contributed by atoms with E-state index in [-0.39, 0.29) is 11.4 Å². The molecule has 0 radical (unpaired) electrons. The molecule has 0 bridgehead atoms. The average Bonchev–Trinajstić information content (AvgIpc) is 2.29. The molecule has 1 unspecified atom stereocenters. The number of rotatable bonds is 1. The van der Waals surface area contributed by atoms with Crippen LogP contribution in [0.2, 0.25) is 0 Å². The Labute approximate surface area is 84.7 Å². The van der Waals surface area contributed by atoms with Crippen LogP contribution in [0.15, 0.2) is 4.99 Å². The van der Waals surface area contributed by atoms with Gasteiger partial charge in [-0.05, 0) is 27.7 Å². The second kappa shape index (κ2) is 3.26. The third-order valence-corrected chi connectivity index (χ3v) is 1.94. The van der Waals surface area contributed by atoms with Crippen molar-refractivity contribution in [1.82, 2.24) is 5.32 Å². The monoisotopic (exact) mass is 198 g/mol. The van der Waals surface area contributed by atoms with E-state index in [0.717, 1.165) is 0 Å². The van der Waals surface area contributed by atoms with Gasteiger partial charge in [0.15, 0.2) is 11.4 Å². The summed E-state index contributed by atoms with van der Waals surface area (Å²) < 4.78 is 5.19. The SMILES string of the molecule is CC1=NC(C)(C(=O)NC(C)(C)C)CO1. The normalized spacial score (nSPS) is 26.8. The minimum atomic E-state index is -0.753. The van der Waals surface area contributed by atoms with Crippen molar-refractivity contribution in [3.63, 3.8) is 0 Å². The van der Waals surface area contributed by atoms with Gasteiger partial charge >= 0.3 is 0 Å². The van der Waals surface area contributed by atoms with Gasteiger partial charge in [0, 0.05) is 12.5 Å². The Morgan fingerprint density at radius 3 is 2.50 bits per heavy atom. The molecule has 0 aliphatic carbocycles. The fraction of sp³-hybridized carbons (Fsp3) is 0.800. The van der Waals surface area contributed by atoms with Crippen LogP contribution < -0.4 is 5.32 Å². The van der Waals surface area contributed by atoms with E-state index in [1.807, 2.05) is 20.8 Å². The van der Waals surface area contributed by atoms with Crippen LogP contribution in [-0.2, 0) is 9.53 Å². The number of hydrogen-bond donors (Lipinski definition) is 1. The number of aliphatic imine (C=N–C) groups is 1. The molecule has 1 atom stereocenters. The summed E-state index contributed by atoms with van der Waals surface area (Å²) in [5.41, 5.74) is -0.983. The summed E-state index contributed by atoms with van der Waals surface area (Å²) in [6.45, 7) is 9.71. The number of nitrogens with zero attached hydrogens (tertiary/aromatic N) is 1. The smallest absolute Gasteiger partial charge is 0.251 e. The molecule has 1 aliphatic rings. The minimum Gasteiger partial charge on any atom is -0.478 e. The highest BCUT2D eigenvalue weighted by molar-refractivity contribution is 5.91. The molecule has 4 nitrogen and oxygen atoms in total. The Morgan fingerprint density at radius 1 is 1.57 bits per heavy atom. The second-order valence-corrected chi connectivity index (χ2v) is 4.90. The maximum Gasteiger partial charge on any atom is 0.251 e. The molecule has 1 rings (SSSR count). The lowest BCUT2D eigenvalue weighted by molar-refractivity contribution is -0.127. The van der Waals surface area contributed by atoms with Crippen LogP contribution in [0.4, 0.5) is 0 Å². The fourth-order valence-electron chi connectivity index (χ4n) is 1.25. The zero-order valence-electron chi connectivity index (χ0n) is 9.47. The van der Waals surface area contributed by atoms with Crippen LogP contribution in [0.5, 0.6) is 0 Å². The lowest BCUT2D eigenvalue weighted by Crippen LogP contribution is -2.51. The van der Waals surface area contributed by atoms with Gasteiger partial charge in [-0.15, -0.1) is 0 Å². The summed E-state index contributed by atoms with van der Waals surface area (Å²) in [6, 6.07) is 0. The minimum absolute atomic E-state index is 0.0816. The highest BCUT2D eigenvalue weighted by Gasteiger charge is 2.39. The van der Waals surface area contributed by atoms with Crippen molar-refractivity contribution in [3.8, 4) is 0 Å². The van der Waals surface area contributed by atoms with Gasteiger partial charge in [0.2, 0.25) is 0 Å². The van der Waals surface area contributed by atoms with Crippen LogP contribution in [0.1, 0.15) is 34.6 Å². The molecular formula is C10H18N2O2. The number of hydrogen-bond acceptors (Lipinski definition) is 3. The molecule has 0 saturated carbocycles. The predicted octanol–water partition coefficient (Wildman–Crippen LogP) is 1.11. The van der Waals surface area contributed by atoms with E-state index in [1.54, 1.807) is 13.8 Å². The maximum absolute atomic E-state index is 11.8. The van der Waals surface area contributed by atoms with Crippen LogP contribution >= 0.6 is 0 Å². The first-order valence-electron chi connectivity index (χ1n) is 4.75. The highest BCUT2D eigenvalue weighted by Crippen LogP contribution is 2.19. The summed E-state index contributed by atoms with van der Waals surface area (Å²) >= 11 is 0. The lowest BCUT2D eigenvalue weighted by atomic mass is 10.0. The molecule has 1 N–H and O–H groups in total. The highest BCUT2D eigenvalue weighted by atomic mass is 16.5. The van der Waals surface area contributed by atoms with Gasteiger partial charge in [-0.1, -0.05) is 0 Å². The van der Waals surface area contributed by atoms with Crippen LogP contribution in [0.3, 0.4) is 0 Å². The van der Waals surface area contributed by atoms with Gasteiger partial charge in [-0.25, -0.2) is 4.99 Å². The van der Waals surface area contributed by atoms with E-state index >= 15 is 0 Å². The first-order chi connectivity index (χ1) is 6.23. The molecule has 1 amide bonds. The Hall–Kier alpha value is -1.06. The maximum atomic E-state index is 11.8. The first kappa shape index (κ1) is 11.0. The van der Waals surface area contributed by atoms with E-state index in [0.29, 0.717) is 12.5 Å². The molecule has 0 aromatic rings. The molecule has 0 aromatic heterocycles. The van der Waals surface area contributed by atoms with Crippen molar-refractivity contribution in [2.24, 2.45) is 4.99 Å². The van der Waals surface area contributed by atoms with Crippen molar-refractivity contribution < 1.29 is 9.53 Å². The molecule has 1 aliphatic heterocycles. The molecule has 0 saturated heterocycles. The zero-order chi connectivity index (χ0) is 11.0. The van der Waals surface area contributed by atoms with Crippen LogP contribution in [0.25, 0.3) is 0 Å². The van der Waals surface area contributed by atoms with Gasteiger partial charge in [-0.2, -0.15) is 0 Å². The number of carbonyl (C=O) groups excluding carboxylic acids is 1. The topological polar surface area (TPSA) is 50.7 Å². The summed E-state index contributed by atoms with van der Waals surface area (Å²) in [5.74, 6) is 0.499. The average molecular weight is 198 g/mol. The number of ether oxygens (including phenoxy) is 1.